The van der Waals surface area contributed by atoms with Crippen LogP contribution in [0.2, 0.25) is 0 Å². The molecule has 0 fully saturated rings. The van der Waals surface area contributed by atoms with Crippen LogP contribution in [0.3, 0.4) is 0 Å². The summed E-state index contributed by atoms with van der Waals surface area (Å²) in [7, 11) is 2.05. The van der Waals surface area contributed by atoms with Gasteiger partial charge in [-0.1, -0.05) is 43.9 Å². The van der Waals surface area contributed by atoms with Gasteiger partial charge < -0.3 is 4.90 Å². The standard InChI is InChI=1S/C28H30N6O/c1-5-9-23(33-17-8-15-30-33)13-12-21(2)20-32(4)27-14-16-29-19-24(27)25-18-28(35)34(31-25)26-11-7-6-10-22(26)3/h5-17,19,21H,1,18,20H2,2-4H3/b13-12-,23-9?. The molecular formula is C28H30N6O. The van der Waals surface area contributed by atoms with Crippen LogP contribution in [0.5, 0.6) is 0 Å². The van der Waals surface area contributed by atoms with Gasteiger partial charge in [0, 0.05) is 49.6 Å². The van der Waals surface area contributed by atoms with Gasteiger partial charge in [-0.05, 0) is 48.8 Å². The number of aryl methyl sites for hydroxylation is 1. The summed E-state index contributed by atoms with van der Waals surface area (Å²) in [4.78, 5) is 19.3. The Morgan fingerprint density at radius 2 is 2.06 bits per heavy atom. The van der Waals surface area contributed by atoms with E-state index in [4.69, 9.17) is 5.10 Å². The van der Waals surface area contributed by atoms with Crippen LogP contribution in [0.25, 0.3) is 5.70 Å². The van der Waals surface area contributed by atoms with Crippen molar-refractivity contribution < 1.29 is 4.79 Å². The average molecular weight is 467 g/mol. The lowest BCUT2D eigenvalue weighted by Crippen LogP contribution is -2.25. The second-order valence-electron chi connectivity index (χ2n) is 8.60. The van der Waals surface area contributed by atoms with Crippen molar-refractivity contribution in [2.75, 3.05) is 23.5 Å². The van der Waals surface area contributed by atoms with Crippen LogP contribution in [0.1, 0.15) is 24.5 Å². The highest BCUT2D eigenvalue weighted by Crippen LogP contribution is 2.29. The molecule has 0 N–H and O–H groups in total. The fourth-order valence-electron chi connectivity index (χ4n) is 4.12. The van der Waals surface area contributed by atoms with Crippen LogP contribution < -0.4 is 9.91 Å². The maximum atomic E-state index is 12.8. The van der Waals surface area contributed by atoms with Crippen LogP contribution in [-0.4, -0.2) is 40.0 Å². The molecule has 0 bridgehead atoms. The molecule has 0 aliphatic carbocycles. The van der Waals surface area contributed by atoms with Crippen LogP contribution in [0.15, 0.2) is 97.2 Å². The van der Waals surface area contributed by atoms with Gasteiger partial charge >= 0.3 is 0 Å². The predicted molar refractivity (Wildman–Crippen MR) is 142 cm³/mol. The Bertz CT molecular complexity index is 1290. The number of nitrogens with zero attached hydrogens (tertiary/aromatic N) is 6. The number of carbonyl (C=O) groups is 1. The number of carbonyl (C=O) groups excluding carboxylic acids is 1. The number of anilines is 2. The number of para-hydroxylation sites is 1. The number of aromatic nitrogens is 3. The second-order valence-corrected chi connectivity index (χ2v) is 8.60. The highest BCUT2D eigenvalue weighted by Gasteiger charge is 2.29. The first-order valence-electron chi connectivity index (χ1n) is 11.6. The summed E-state index contributed by atoms with van der Waals surface area (Å²) in [6.07, 6.45) is 15.4. The van der Waals surface area contributed by atoms with Crippen molar-refractivity contribution in [3.05, 3.63) is 103 Å². The third kappa shape index (κ3) is 5.46. The van der Waals surface area contributed by atoms with E-state index in [9.17, 15) is 4.79 Å². The zero-order valence-corrected chi connectivity index (χ0v) is 20.4. The minimum Gasteiger partial charge on any atom is -0.373 e. The largest absolute Gasteiger partial charge is 0.373 e. The molecule has 0 spiro atoms. The average Bonchev–Trinajstić information content (AvgIpc) is 3.52. The number of rotatable bonds is 9. The second kappa shape index (κ2) is 10.8. The first kappa shape index (κ1) is 23.9. The molecule has 2 aromatic heterocycles. The highest BCUT2D eigenvalue weighted by molar-refractivity contribution is 6.21. The molecule has 1 unspecified atom stereocenters. The van der Waals surface area contributed by atoms with Crippen LogP contribution >= 0.6 is 0 Å². The molecule has 4 rings (SSSR count). The molecule has 3 aromatic rings. The van der Waals surface area contributed by atoms with Gasteiger partial charge in [0.2, 0.25) is 0 Å². The Morgan fingerprint density at radius 3 is 2.80 bits per heavy atom. The molecule has 1 aliphatic rings. The Kier molecular flexibility index (Phi) is 7.35. The normalized spacial score (nSPS) is 14.9. The fourth-order valence-corrected chi connectivity index (χ4v) is 4.12. The molecule has 35 heavy (non-hydrogen) atoms. The molecule has 0 saturated heterocycles. The van der Waals surface area contributed by atoms with E-state index >= 15 is 0 Å². The van der Waals surface area contributed by atoms with Crippen molar-refractivity contribution in [2.45, 2.75) is 20.3 Å². The van der Waals surface area contributed by atoms with Crippen LogP contribution in [0, 0.1) is 12.8 Å². The van der Waals surface area contributed by atoms with E-state index in [1.807, 2.05) is 67.3 Å². The topological polar surface area (TPSA) is 66.6 Å². The predicted octanol–water partition coefficient (Wildman–Crippen LogP) is 5.08. The van der Waals surface area contributed by atoms with E-state index in [1.54, 1.807) is 24.7 Å². The number of amides is 1. The number of allylic oxidation sites excluding steroid dienone is 4. The minimum absolute atomic E-state index is 0.0387. The first-order chi connectivity index (χ1) is 17.0. The molecule has 7 nitrogen and oxygen atoms in total. The minimum atomic E-state index is -0.0387. The third-order valence-corrected chi connectivity index (χ3v) is 5.85. The van der Waals surface area contributed by atoms with Gasteiger partial charge in [-0.15, -0.1) is 0 Å². The molecule has 1 aliphatic heterocycles. The number of hydrazone groups is 1. The summed E-state index contributed by atoms with van der Waals surface area (Å²) in [5, 5.41) is 10.5. The van der Waals surface area contributed by atoms with Crippen molar-refractivity contribution in [2.24, 2.45) is 11.0 Å². The molecule has 1 aromatic carbocycles. The summed E-state index contributed by atoms with van der Waals surface area (Å²) in [5.74, 6) is 0.212. The van der Waals surface area contributed by atoms with E-state index in [0.717, 1.165) is 40.5 Å². The van der Waals surface area contributed by atoms with Crippen LogP contribution in [-0.2, 0) is 4.79 Å². The number of pyridine rings is 1. The van der Waals surface area contributed by atoms with E-state index in [1.165, 1.54) is 5.01 Å². The lowest BCUT2D eigenvalue weighted by molar-refractivity contribution is -0.116. The van der Waals surface area contributed by atoms with Crippen molar-refractivity contribution in [1.29, 1.82) is 0 Å². The van der Waals surface area contributed by atoms with E-state index in [2.05, 4.69) is 40.6 Å². The van der Waals surface area contributed by atoms with Crippen LogP contribution in [0.4, 0.5) is 11.4 Å². The molecule has 0 radical (unpaired) electrons. The lowest BCUT2D eigenvalue weighted by Gasteiger charge is -2.24. The summed E-state index contributed by atoms with van der Waals surface area (Å²) >= 11 is 0. The summed E-state index contributed by atoms with van der Waals surface area (Å²) in [6.45, 7) is 8.73. The molecule has 1 atom stereocenters. The third-order valence-electron chi connectivity index (χ3n) is 5.85. The van der Waals surface area contributed by atoms with E-state index in [0.29, 0.717) is 0 Å². The van der Waals surface area contributed by atoms with Crippen molar-refractivity contribution in [3.8, 4) is 0 Å². The molecule has 1 amide bonds. The number of hydrogen-bond donors (Lipinski definition) is 0. The summed E-state index contributed by atoms with van der Waals surface area (Å²) < 4.78 is 1.81. The molecule has 7 heteroatoms. The number of hydrogen-bond acceptors (Lipinski definition) is 5. The quantitative estimate of drug-likeness (QED) is 0.412. The summed E-state index contributed by atoms with van der Waals surface area (Å²) in [6, 6.07) is 11.6. The van der Waals surface area contributed by atoms with Crippen molar-refractivity contribution in [1.82, 2.24) is 14.8 Å². The van der Waals surface area contributed by atoms with Gasteiger partial charge in [0.25, 0.3) is 5.91 Å². The Balaban J connectivity index is 1.52. The highest BCUT2D eigenvalue weighted by atomic mass is 16.2. The zero-order valence-electron chi connectivity index (χ0n) is 20.4. The van der Waals surface area contributed by atoms with E-state index in [-0.39, 0.29) is 18.2 Å². The molecule has 3 heterocycles. The number of benzene rings is 1. The summed E-state index contributed by atoms with van der Waals surface area (Å²) in [5.41, 5.74) is 5.36. The van der Waals surface area contributed by atoms with Gasteiger partial charge in [-0.2, -0.15) is 15.2 Å². The molecule has 0 saturated carbocycles. The lowest BCUT2D eigenvalue weighted by atomic mass is 10.1. The van der Waals surface area contributed by atoms with Gasteiger partial charge in [0.05, 0.1) is 23.5 Å². The van der Waals surface area contributed by atoms with E-state index < -0.39 is 0 Å². The fraction of sp³-hybridized carbons (Fsp3) is 0.214. The van der Waals surface area contributed by atoms with Gasteiger partial charge in [0.15, 0.2) is 0 Å². The Labute approximate surface area is 206 Å². The van der Waals surface area contributed by atoms with Crippen molar-refractivity contribution >= 4 is 28.7 Å². The SMILES string of the molecule is C=CC=C(/C=C\C(C)CN(C)c1ccncc1C1=NN(c2ccccc2C)C(=O)C1)n1cccn1. The first-order valence-corrected chi connectivity index (χ1v) is 11.6. The monoisotopic (exact) mass is 466 g/mol. The van der Waals surface area contributed by atoms with Crippen molar-refractivity contribution in [3.63, 3.8) is 0 Å². The Morgan fingerprint density at radius 1 is 1.23 bits per heavy atom. The molecule has 178 valence electrons. The maximum Gasteiger partial charge on any atom is 0.253 e. The molecular weight excluding hydrogens is 436 g/mol. The maximum absolute atomic E-state index is 12.8. The Hall–Kier alpha value is -4.26. The van der Waals surface area contributed by atoms with Gasteiger partial charge in [-0.3, -0.25) is 9.78 Å². The smallest absolute Gasteiger partial charge is 0.253 e. The zero-order chi connectivity index (χ0) is 24.8. The van der Waals surface area contributed by atoms with Gasteiger partial charge in [0.1, 0.15) is 0 Å². The van der Waals surface area contributed by atoms with Gasteiger partial charge in [-0.25, -0.2) is 4.68 Å².